The van der Waals surface area contributed by atoms with Crippen molar-refractivity contribution in [1.82, 2.24) is 5.32 Å². The number of ether oxygens (including phenoxy) is 2. The van der Waals surface area contributed by atoms with Crippen LogP contribution in [0, 0.1) is 0 Å². The van der Waals surface area contributed by atoms with Crippen molar-refractivity contribution in [2.24, 2.45) is 0 Å². The molecule has 1 unspecified atom stereocenters. The van der Waals surface area contributed by atoms with Gasteiger partial charge in [0.05, 0.1) is 6.61 Å². The predicted octanol–water partition coefficient (Wildman–Crippen LogP) is 0.783. The van der Waals surface area contributed by atoms with Gasteiger partial charge in [-0.1, -0.05) is 17.6 Å². The molecule has 1 aliphatic rings. The first-order valence-electron chi connectivity index (χ1n) is 7.44. The summed E-state index contributed by atoms with van der Waals surface area (Å²) in [6.45, 7) is 0.354. The molecule has 1 N–H and O–H groups in total. The van der Waals surface area contributed by atoms with E-state index in [2.05, 4.69) is 5.32 Å². The maximum atomic E-state index is 12.1. The third-order valence-electron chi connectivity index (χ3n) is 3.61. The van der Waals surface area contributed by atoms with E-state index >= 15 is 0 Å². The minimum absolute atomic E-state index is 0.296. The third-order valence-corrected chi connectivity index (χ3v) is 3.61. The summed E-state index contributed by atoms with van der Waals surface area (Å²) >= 11 is 0. The van der Waals surface area contributed by atoms with Crippen molar-refractivity contribution in [2.75, 3.05) is 6.61 Å². The molecular weight excluding hydrogens is 293 g/mol. The third kappa shape index (κ3) is 3.72. The Morgan fingerprint density at radius 3 is 2.26 bits per heavy atom. The van der Waals surface area contributed by atoms with Gasteiger partial charge in [-0.25, -0.2) is 4.79 Å². The molecule has 0 bridgehead atoms. The molecule has 1 amide bonds. The van der Waals surface area contributed by atoms with E-state index in [1.165, 1.54) is 0 Å². The van der Waals surface area contributed by atoms with Crippen LogP contribution in [0.4, 0.5) is 0 Å². The lowest BCUT2D eigenvalue weighted by Gasteiger charge is -2.10. The van der Waals surface area contributed by atoms with Crippen molar-refractivity contribution < 1.29 is 19.1 Å². The minimum atomic E-state index is -0.550. The Bertz CT molecular complexity index is 712. The van der Waals surface area contributed by atoms with E-state index in [4.69, 9.17) is 9.47 Å². The molecule has 0 radical (unpaired) electrons. The summed E-state index contributed by atoms with van der Waals surface area (Å²) in [5.41, 5.74) is 1.63. The fourth-order valence-corrected chi connectivity index (χ4v) is 2.29. The summed E-state index contributed by atoms with van der Waals surface area (Å²) in [5, 5.41) is 2.67. The second-order valence-corrected chi connectivity index (χ2v) is 5.42. The largest absolute Gasteiger partial charge is 0.464 e. The van der Waals surface area contributed by atoms with Crippen LogP contribution in [0.2, 0.25) is 0 Å². The lowest BCUT2D eigenvalue weighted by Crippen LogP contribution is -2.37. The number of nitrogens with one attached hydrogen (secondary N) is 1. The van der Waals surface area contributed by atoms with Crippen molar-refractivity contribution in [1.29, 1.82) is 0 Å². The maximum absolute atomic E-state index is 12.1. The predicted molar refractivity (Wildman–Crippen MR) is 88.0 cm³/mol. The van der Waals surface area contributed by atoms with Crippen molar-refractivity contribution in [3.8, 4) is 11.5 Å². The Labute approximate surface area is 135 Å². The number of hydrogen-bond donors (Lipinski definition) is 1. The van der Waals surface area contributed by atoms with Gasteiger partial charge in [-0.2, -0.15) is 0 Å². The molecule has 5 nitrogen and oxygen atoms in total. The van der Waals surface area contributed by atoms with Crippen molar-refractivity contribution in [3.63, 3.8) is 0 Å². The van der Waals surface area contributed by atoms with Gasteiger partial charge in [-0.05, 0) is 36.4 Å². The highest BCUT2D eigenvalue weighted by atomic mass is 16.5. The number of rotatable bonds is 4. The van der Waals surface area contributed by atoms with Crippen molar-refractivity contribution in [3.05, 3.63) is 54.1 Å². The first-order chi connectivity index (χ1) is 11.1. The SMILES string of the molecule is Bc1ccc(Oc2ccc(C(=O)NC3CCOC3=O)cc2)cc1. The van der Waals surface area contributed by atoms with E-state index in [1.54, 1.807) is 24.3 Å². The zero-order valence-electron chi connectivity index (χ0n) is 12.7. The summed E-state index contributed by atoms with van der Waals surface area (Å²) in [6, 6.07) is 14.0. The second kappa shape index (κ2) is 6.56. The number of carbonyl (C=O) groups excluding carboxylic acids is 2. The van der Waals surface area contributed by atoms with E-state index in [0.29, 0.717) is 24.3 Å². The van der Waals surface area contributed by atoms with Gasteiger partial charge in [0.15, 0.2) is 0 Å². The van der Waals surface area contributed by atoms with Gasteiger partial charge in [0, 0.05) is 12.0 Å². The van der Waals surface area contributed by atoms with Crippen LogP contribution in [0.15, 0.2) is 48.5 Å². The molecule has 1 aliphatic heterocycles. The summed E-state index contributed by atoms with van der Waals surface area (Å²) in [7, 11) is 2.01. The Morgan fingerprint density at radius 2 is 1.70 bits per heavy atom. The molecule has 1 heterocycles. The lowest BCUT2D eigenvalue weighted by molar-refractivity contribution is -0.139. The highest BCUT2D eigenvalue weighted by Gasteiger charge is 2.28. The molecule has 1 atom stereocenters. The number of amides is 1. The molecule has 3 rings (SSSR count). The van der Waals surface area contributed by atoms with Crippen LogP contribution in [-0.4, -0.2) is 32.4 Å². The quantitative estimate of drug-likeness (QED) is 0.670. The first-order valence-corrected chi connectivity index (χ1v) is 7.44. The van der Waals surface area contributed by atoms with E-state index in [0.717, 1.165) is 11.2 Å². The molecule has 1 saturated heterocycles. The van der Waals surface area contributed by atoms with Crippen LogP contribution in [0.1, 0.15) is 16.8 Å². The fraction of sp³-hybridized carbons (Fsp3) is 0.176. The number of benzene rings is 2. The van der Waals surface area contributed by atoms with Gasteiger partial charge in [-0.3, -0.25) is 4.79 Å². The number of hydrogen-bond acceptors (Lipinski definition) is 4. The van der Waals surface area contributed by atoms with E-state index in [-0.39, 0.29) is 11.9 Å². The topological polar surface area (TPSA) is 64.6 Å². The van der Waals surface area contributed by atoms with E-state index < -0.39 is 6.04 Å². The van der Waals surface area contributed by atoms with E-state index in [9.17, 15) is 9.59 Å². The van der Waals surface area contributed by atoms with Crippen LogP contribution in [-0.2, 0) is 9.53 Å². The monoisotopic (exact) mass is 309 g/mol. The molecule has 116 valence electrons. The number of esters is 1. The molecule has 0 aliphatic carbocycles. The van der Waals surface area contributed by atoms with Gasteiger partial charge >= 0.3 is 5.97 Å². The van der Waals surface area contributed by atoms with Crippen LogP contribution in [0.25, 0.3) is 0 Å². The van der Waals surface area contributed by atoms with Gasteiger partial charge in [0.1, 0.15) is 25.4 Å². The normalized spacial score (nSPS) is 16.7. The minimum Gasteiger partial charge on any atom is -0.464 e. The van der Waals surface area contributed by atoms with Gasteiger partial charge in [0.25, 0.3) is 5.91 Å². The lowest BCUT2D eigenvalue weighted by atomic mass is 9.97. The molecule has 2 aromatic carbocycles. The Kier molecular flexibility index (Phi) is 4.32. The van der Waals surface area contributed by atoms with Crippen molar-refractivity contribution >= 4 is 25.2 Å². The maximum Gasteiger partial charge on any atom is 0.328 e. The van der Waals surface area contributed by atoms with Gasteiger partial charge < -0.3 is 14.8 Å². The summed E-state index contributed by atoms with van der Waals surface area (Å²) in [5.74, 6) is 0.709. The van der Waals surface area contributed by atoms with Crippen LogP contribution in [0.3, 0.4) is 0 Å². The van der Waals surface area contributed by atoms with Crippen LogP contribution >= 0.6 is 0 Å². The zero-order valence-corrected chi connectivity index (χ0v) is 12.7. The summed E-state index contributed by atoms with van der Waals surface area (Å²) < 4.78 is 10.5. The van der Waals surface area contributed by atoms with Gasteiger partial charge in [0.2, 0.25) is 0 Å². The van der Waals surface area contributed by atoms with Gasteiger partial charge in [-0.15, -0.1) is 0 Å². The second-order valence-electron chi connectivity index (χ2n) is 5.42. The summed E-state index contributed by atoms with van der Waals surface area (Å²) in [4.78, 5) is 23.5. The standard InChI is InChI=1S/C17H16BNO4/c18-12-3-7-14(8-4-12)23-13-5-1-11(2-6-13)16(20)19-15-9-10-22-17(15)21/h1-8,15H,9-10,18H2,(H,19,20). The Balaban J connectivity index is 1.63. The fourth-order valence-electron chi connectivity index (χ4n) is 2.29. The number of carbonyl (C=O) groups is 2. The van der Waals surface area contributed by atoms with Crippen molar-refractivity contribution in [2.45, 2.75) is 12.5 Å². The van der Waals surface area contributed by atoms with E-state index in [1.807, 2.05) is 32.1 Å². The molecule has 6 heteroatoms. The average Bonchev–Trinajstić information content (AvgIpc) is 2.95. The van der Waals surface area contributed by atoms with Crippen LogP contribution < -0.4 is 15.5 Å². The van der Waals surface area contributed by atoms with Crippen LogP contribution in [0.5, 0.6) is 11.5 Å². The smallest absolute Gasteiger partial charge is 0.328 e. The molecule has 2 aromatic rings. The molecular formula is C17H16BNO4. The zero-order chi connectivity index (χ0) is 16.2. The highest BCUT2D eigenvalue weighted by molar-refractivity contribution is 6.32. The molecule has 0 saturated carbocycles. The molecule has 0 aromatic heterocycles. The Morgan fingerprint density at radius 1 is 1.09 bits per heavy atom. The highest BCUT2D eigenvalue weighted by Crippen LogP contribution is 2.21. The number of cyclic esters (lactones) is 1. The summed E-state index contributed by atoms with van der Waals surface area (Å²) in [6.07, 6.45) is 0.513. The first kappa shape index (κ1) is 15.2. The molecule has 1 fully saturated rings. The average molecular weight is 309 g/mol. The molecule has 23 heavy (non-hydrogen) atoms. The Hall–Kier alpha value is -2.76. The molecule has 0 spiro atoms.